The van der Waals surface area contributed by atoms with Gasteiger partial charge in [0, 0.05) is 18.2 Å². The molecule has 0 atom stereocenters. The van der Waals surface area contributed by atoms with E-state index in [-0.39, 0.29) is 11.5 Å². The molecule has 0 saturated heterocycles. The number of benzene rings is 1. The van der Waals surface area contributed by atoms with E-state index in [9.17, 15) is 8.78 Å². The number of anilines is 1. The molecule has 98 valence electrons. The molecule has 0 bridgehead atoms. The van der Waals surface area contributed by atoms with E-state index in [0.717, 1.165) is 6.07 Å². The number of nitrogens with one attached hydrogen (secondary N) is 1. The lowest BCUT2D eigenvalue weighted by Gasteiger charge is -2.07. The highest BCUT2D eigenvalue weighted by Gasteiger charge is 2.04. The maximum atomic E-state index is 13.4. The van der Waals surface area contributed by atoms with Gasteiger partial charge in [0.15, 0.2) is 0 Å². The molecule has 0 saturated carbocycles. The number of halogens is 2. The number of hydrogen-bond acceptors (Lipinski definition) is 3. The van der Waals surface area contributed by atoms with Crippen molar-refractivity contribution in [2.45, 2.75) is 6.54 Å². The lowest BCUT2D eigenvalue weighted by atomic mass is 10.2. The normalized spacial score (nSPS) is 10.2. The molecule has 2 aromatic rings. The van der Waals surface area contributed by atoms with Gasteiger partial charge < -0.3 is 11.1 Å². The molecular formula is C13H11F2N3S. The fraction of sp³-hybridized carbons (Fsp3) is 0.0769. The monoisotopic (exact) mass is 279 g/mol. The van der Waals surface area contributed by atoms with Crippen LogP contribution < -0.4 is 11.1 Å². The summed E-state index contributed by atoms with van der Waals surface area (Å²) >= 11 is 4.79. The van der Waals surface area contributed by atoms with Crippen molar-refractivity contribution in [3.8, 4) is 0 Å². The van der Waals surface area contributed by atoms with Gasteiger partial charge in [-0.3, -0.25) is 4.98 Å². The smallest absolute Gasteiger partial charge is 0.131 e. The van der Waals surface area contributed by atoms with Gasteiger partial charge in [-0.15, -0.1) is 0 Å². The lowest BCUT2D eigenvalue weighted by Crippen LogP contribution is -2.11. The molecule has 0 spiro atoms. The number of nitrogens with zero attached hydrogens (tertiary/aromatic N) is 1. The Morgan fingerprint density at radius 3 is 2.63 bits per heavy atom. The highest BCUT2D eigenvalue weighted by molar-refractivity contribution is 7.80. The van der Waals surface area contributed by atoms with Gasteiger partial charge in [0.2, 0.25) is 0 Å². The second kappa shape index (κ2) is 5.71. The molecule has 1 aromatic carbocycles. The molecular weight excluding hydrogens is 268 g/mol. The van der Waals surface area contributed by atoms with Gasteiger partial charge in [-0.1, -0.05) is 18.3 Å². The molecule has 1 aromatic heterocycles. The van der Waals surface area contributed by atoms with Gasteiger partial charge in [0.25, 0.3) is 0 Å². The molecule has 0 aliphatic heterocycles. The van der Waals surface area contributed by atoms with E-state index in [1.807, 2.05) is 0 Å². The summed E-state index contributed by atoms with van der Waals surface area (Å²) in [7, 11) is 0. The predicted octanol–water partition coefficient (Wildman–Crippen LogP) is 2.61. The van der Waals surface area contributed by atoms with E-state index in [4.69, 9.17) is 18.0 Å². The minimum atomic E-state index is -0.594. The number of aromatic nitrogens is 1. The number of rotatable bonds is 4. The van der Waals surface area contributed by atoms with Gasteiger partial charge in [-0.05, 0) is 18.2 Å². The fourth-order valence-electron chi connectivity index (χ4n) is 1.51. The highest BCUT2D eigenvalue weighted by Crippen LogP contribution is 2.13. The average molecular weight is 279 g/mol. The molecule has 3 N–H and O–H groups in total. The van der Waals surface area contributed by atoms with Gasteiger partial charge >= 0.3 is 0 Å². The Morgan fingerprint density at radius 1 is 1.26 bits per heavy atom. The molecule has 6 heteroatoms. The van der Waals surface area contributed by atoms with Crippen molar-refractivity contribution >= 4 is 22.9 Å². The highest BCUT2D eigenvalue weighted by atomic mass is 32.1. The Bertz CT molecular complexity index is 599. The SMILES string of the molecule is NC(=S)c1ccc(NCc2ccc(F)cc2F)cn1. The lowest BCUT2D eigenvalue weighted by molar-refractivity contribution is 0.574. The van der Waals surface area contributed by atoms with Crippen molar-refractivity contribution in [3.63, 3.8) is 0 Å². The van der Waals surface area contributed by atoms with Crippen LogP contribution in [0.1, 0.15) is 11.3 Å². The van der Waals surface area contributed by atoms with E-state index in [1.165, 1.54) is 12.1 Å². The maximum Gasteiger partial charge on any atom is 0.131 e. The quantitative estimate of drug-likeness (QED) is 0.845. The zero-order valence-electron chi connectivity index (χ0n) is 9.86. The van der Waals surface area contributed by atoms with Crippen molar-refractivity contribution in [1.82, 2.24) is 4.98 Å². The van der Waals surface area contributed by atoms with E-state index in [2.05, 4.69) is 10.3 Å². The Labute approximate surface area is 114 Å². The molecule has 1 heterocycles. The Balaban J connectivity index is 2.04. The molecule has 0 amide bonds. The Kier molecular flexibility index (Phi) is 4.01. The average Bonchev–Trinajstić information content (AvgIpc) is 2.38. The van der Waals surface area contributed by atoms with E-state index < -0.39 is 11.6 Å². The van der Waals surface area contributed by atoms with E-state index in [0.29, 0.717) is 16.9 Å². The van der Waals surface area contributed by atoms with Gasteiger partial charge in [-0.2, -0.15) is 0 Å². The van der Waals surface area contributed by atoms with Gasteiger partial charge in [-0.25, -0.2) is 8.78 Å². The van der Waals surface area contributed by atoms with Crippen LogP contribution in [0.25, 0.3) is 0 Å². The summed E-state index contributed by atoms with van der Waals surface area (Å²) in [6.45, 7) is 0.236. The van der Waals surface area contributed by atoms with Gasteiger partial charge in [0.1, 0.15) is 16.6 Å². The molecule has 0 fully saturated rings. The third kappa shape index (κ3) is 3.45. The van der Waals surface area contributed by atoms with Crippen LogP contribution in [0.4, 0.5) is 14.5 Å². The van der Waals surface area contributed by atoms with Crippen LogP contribution in [-0.4, -0.2) is 9.97 Å². The van der Waals surface area contributed by atoms with Crippen LogP contribution in [0, 0.1) is 11.6 Å². The number of pyridine rings is 1. The molecule has 0 radical (unpaired) electrons. The topological polar surface area (TPSA) is 50.9 Å². The largest absolute Gasteiger partial charge is 0.388 e. The third-order valence-corrected chi connectivity index (χ3v) is 2.72. The standard InChI is InChI=1S/C13H11F2N3S/c14-9-2-1-8(11(15)5-9)6-17-10-3-4-12(13(16)19)18-7-10/h1-5,7,17H,6H2,(H2,16,19). The third-order valence-electron chi connectivity index (χ3n) is 2.51. The van der Waals surface area contributed by atoms with Crippen molar-refractivity contribution in [2.75, 3.05) is 5.32 Å². The van der Waals surface area contributed by atoms with Gasteiger partial charge in [0.05, 0.1) is 17.6 Å². The minimum Gasteiger partial charge on any atom is -0.388 e. The molecule has 0 unspecified atom stereocenters. The zero-order chi connectivity index (χ0) is 13.8. The number of thiocarbonyl (C=S) groups is 1. The first kappa shape index (κ1) is 13.4. The second-order valence-electron chi connectivity index (χ2n) is 3.89. The maximum absolute atomic E-state index is 13.4. The first-order valence-electron chi connectivity index (χ1n) is 5.50. The van der Waals surface area contributed by atoms with Crippen LogP contribution in [0.15, 0.2) is 36.5 Å². The zero-order valence-corrected chi connectivity index (χ0v) is 10.7. The Hall–Kier alpha value is -2.08. The summed E-state index contributed by atoms with van der Waals surface area (Å²) in [5, 5.41) is 2.98. The minimum absolute atomic E-state index is 0.219. The fourth-order valence-corrected chi connectivity index (χ4v) is 1.63. The van der Waals surface area contributed by atoms with Crippen molar-refractivity contribution in [3.05, 3.63) is 59.4 Å². The van der Waals surface area contributed by atoms with Crippen LogP contribution >= 0.6 is 12.2 Å². The first-order valence-corrected chi connectivity index (χ1v) is 5.91. The summed E-state index contributed by atoms with van der Waals surface area (Å²) < 4.78 is 26.1. The summed E-state index contributed by atoms with van der Waals surface area (Å²) in [6, 6.07) is 6.88. The number of nitrogens with two attached hydrogens (primary N) is 1. The summed E-state index contributed by atoms with van der Waals surface area (Å²) in [6.07, 6.45) is 1.55. The summed E-state index contributed by atoms with van der Waals surface area (Å²) in [4.78, 5) is 4.26. The van der Waals surface area contributed by atoms with Crippen molar-refractivity contribution in [2.24, 2.45) is 5.73 Å². The second-order valence-corrected chi connectivity index (χ2v) is 4.33. The molecule has 3 nitrogen and oxygen atoms in total. The molecule has 0 aliphatic rings. The molecule has 2 rings (SSSR count). The van der Waals surface area contributed by atoms with Crippen molar-refractivity contribution < 1.29 is 8.78 Å². The summed E-state index contributed by atoms with van der Waals surface area (Å²) in [5.74, 6) is -1.18. The molecule has 19 heavy (non-hydrogen) atoms. The Morgan fingerprint density at radius 2 is 2.05 bits per heavy atom. The van der Waals surface area contributed by atoms with E-state index >= 15 is 0 Å². The first-order chi connectivity index (χ1) is 9.06. The van der Waals surface area contributed by atoms with Crippen LogP contribution in [0.3, 0.4) is 0 Å². The van der Waals surface area contributed by atoms with E-state index in [1.54, 1.807) is 18.3 Å². The summed E-state index contributed by atoms with van der Waals surface area (Å²) in [5.41, 5.74) is 7.02. The number of hydrogen-bond donors (Lipinski definition) is 2. The molecule has 0 aliphatic carbocycles. The van der Waals surface area contributed by atoms with Crippen molar-refractivity contribution in [1.29, 1.82) is 0 Å². The van der Waals surface area contributed by atoms with Crippen LogP contribution in [0.5, 0.6) is 0 Å². The predicted molar refractivity (Wildman–Crippen MR) is 73.8 cm³/mol. The van der Waals surface area contributed by atoms with Crippen LogP contribution in [0.2, 0.25) is 0 Å². The van der Waals surface area contributed by atoms with Crippen LogP contribution in [-0.2, 0) is 6.54 Å².